The Hall–Kier alpha value is -3.68. The summed E-state index contributed by atoms with van der Waals surface area (Å²) >= 11 is 0. The van der Waals surface area contributed by atoms with Gasteiger partial charge in [0.25, 0.3) is 5.91 Å². The highest BCUT2D eigenvalue weighted by atomic mass is 16.5. The molecule has 1 fully saturated rings. The van der Waals surface area contributed by atoms with Crippen molar-refractivity contribution in [2.24, 2.45) is 0 Å². The molecule has 8 nitrogen and oxygen atoms in total. The zero-order valence-electron chi connectivity index (χ0n) is 21.3. The van der Waals surface area contributed by atoms with Gasteiger partial charge < -0.3 is 29.0 Å². The van der Waals surface area contributed by atoms with Crippen LogP contribution in [0.15, 0.2) is 42.5 Å². The van der Waals surface area contributed by atoms with Gasteiger partial charge in [0.1, 0.15) is 28.5 Å². The van der Waals surface area contributed by atoms with Crippen molar-refractivity contribution in [3.8, 4) is 17.2 Å². The first-order valence-corrected chi connectivity index (χ1v) is 12.4. The van der Waals surface area contributed by atoms with E-state index in [4.69, 9.17) is 14.2 Å². The normalized spacial score (nSPS) is 19.9. The largest absolute Gasteiger partial charge is 0.496 e. The average molecular weight is 492 g/mol. The molecule has 1 saturated carbocycles. The molecule has 1 aromatic heterocycles. The number of benzene rings is 2. The third kappa shape index (κ3) is 3.85. The number of carbonyl (C=O) groups excluding carboxylic acids is 2. The third-order valence-corrected chi connectivity index (χ3v) is 7.65. The standard InChI is InChI=1S/C28H33N3O5/c1-28(27(33)29-19-10-6-7-11-19)17-30-21(15-20-23(35-3)13-14-24(36-4)25(20)30)26(32)31(28)16-18-9-5-8-12-22(18)34-2/h5,8-9,12-15,19H,6-7,10-11,16-17H2,1-4H3,(H,29,33)/t28-/m0/s1. The van der Waals surface area contributed by atoms with E-state index >= 15 is 0 Å². The number of ether oxygens (including phenoxy) is 3. The van der Waals surface area contributed by atoms with Gasteiger partial charge in [-0.1, -0.05) is 31.0 Å². The molecule has 1 aliphatic heterocycles. The average Bonchev–Trinajstić information content (AvgIpc) is 3.54. The van der Waals surface area contributed by atoms with Gasteiger partial charge in [-0.3, -0.25) is 9.59 Å². The Kier molecular flexibility index (Phi) is 6.28. The SMILES string of the molecule is COc1ccccc1CN1C(=O)c2cc3c(OC)ccc(OC)c3n2C[C@@]1(C)C(=O)NC1CCCC1. The molecule has 0 saturated heterocycles. The van der Waals surface area contributed by atoms with Gasteiger partial charge in [0.05, 0.1) is 39.9 Å². The molecule has 2 aliphatic rings. The lowest BCUT2D eigenvalue weighted by Crippen LogP contribution is -2.64. The summed E-state index contributed by atoms with van der Waals surface area (Å²) in [6.45, 7) is 2.38. The van der Waals surface area contributed by atoms with Crippen LogP contribution in [-0.4, -0.2) is 54.2 Å². The summed E-state index contributed by atoms with van der Waals surface area (Å²) in [5, 5.41) is 4.02. The van der Waals surface area contributed by atoms with E-state index in [1.54, 1.807) is 26.2 Å². The molecule has 0 radical (unpaired) electrons. The molecule has 1 aliphatic carbocycles. The number of hydrogen-bond donors (Lipinski definition) is 1. The molecule has 3 aromatic rings. The number of para-hydroxylation sites is 1. The number of fused-ring (bicyclic) bond motifs is 3. The van der Waals surface area contributed by atoms with Crippen molar-refractivity contribution in [3.63, 3.8) is 0 Å². The van der Waals surface area contributed by atoms with Crippen LogP contribution in [0, 0.1) is 0 Å². The van der Waals surface area contributed by atoms with Gasteiger partial charge >= 0.3 is 0 Å². The van der Waals surface area contributed by atoms with Crippen LogP contribution in [-0.2, 0) is 17.9 Å². The highest BCUT2D eigenvalue weighted by Crippen LogP contribution is 2.41. The molecule has 2 amide bonds. The van der Waals surface area contributed by atoms with E-state index in [-0.39, 0.29) is 30.9 Å². The number of amides is 2. The molecule has 1 N–H and O–H groups in total. The summed E-state index contributed by atoms with van der Waals surface area (Å²) in [5.41, 5.74) is 0.951. The van der Waals surface area contributed by atoms with Crippen LogP contribution in [0.5, 0.6) is 17.2 Å². The second-order valence-electron chi connectivity index (χ2n) is 9.78. The molecular formula is C28H33N3O5. The van der Waals surface area contributed by atoms with Gasteiger partial charge in [0, 0.05) is 17.0 Å². The maximum atomic E-state index is 14.1. The fourth-order valence-electron chi connectivity index (χ4n) is 5.62. The zero-order valence-corrected chi connectivity index (χ0v) is 21.3. The zero-order chi connectivity index (χ0) is 25.4. The molecular weight excluding hydrogens is 458 g/mol. The van der Waals surface area contributed by atoms with E-state index in [2.05, 4.69) is 5.32 Å². The van der Waals surface area contributed by atoms with Crippen molar-refractivity contribution in [1.82, 2.24) is 14.8 Å². The van der Waals surface area contributed by atoms with Crippen LogP contribution in [0.4, 0.5) is 0 Å². The Morgan fingerprint density at radius 2 is 1.67 bits per heavy atom. The lowest BCUT2D eigenvalue weighted by atomic mass is 9.93. The quantitative estimate of drug-likeness (QED) is 0.537. The smallest absolute Gasteiger partial charge is 0.271 e. The maximum absolute atomic E-state index is 14.1. The van der Waals surface area contributed by atoms with Gasteiger partial charge in [-0.2, -0.15) is 0 Å². The number of nitrogens with one attached hydrogen (secondary N) is 1. The summed E-state index contributed by atoms with van der Waals surface area (Å²) in [7, 11) is 4.82. The number of methoxy groups -OCH3 is 3. The van der Waals surface area contributed by atoms with Crippen molar-refractivity contribution in [1.29, 1.82) is 0 Å². The van der Waals surface area contributed by atoms with Crippen LogP contribution >= 0.6 is 0 Å². The van der Waals surface area contributed by atoms with E-state index in [0.717, 1.165) is 42.1 Å². The van der Waals surface area contributed by atoms with Gasteiger partial charge in [-0.05, 0) is 44.0 Å². The lowest BCUT2D eigenvalue weighted by Gasteiger charge is -2.44. The number of carbonyl (C=O) groups is 2. The van der Waals surface area contributed by atoms with Crippen molar-refractivity contribution in [2.45, 2.75) is 57.3 Å². The highest BCUT2D eigenvalue weighted by molar-refractivity contribution is 6.06. The van der Waals surface area contributed by atoms with Gasteiger partial charge in [-0.25, -0.2) is 0 Å². The summed E-state index contributed by atoms with van der Waals surface area (Å²) in [5.74, 6) is 1.58. The Balaban J connectivity index is 1.65. The third-order valence-electron chi connectivity index (χ3n) is 7.65. The van der Waals surface area contributed by atoms with Crippen LogP contribution in [0.2, 0.25) is 0 Å². The lowest BCUT2D eigenvalue weighted by molar-refractivity contribution is -0.133. The Bertz CT molecular complexity index is 1310. The Morgan fingerprint density at radius 1 is 1.00 bits per heavy atom. The molecule has 0 spiro atoms. The summed E-state index contributed by atoms with van der Waals surface area (Å²) in [4.78, 5) is 29.7. The van der Waals surface area contributed by atoms with Gasteiger partial charge in [0.2, 0.25) is 5.91 Å². The van der Waals surface area contributed by atoms with Crippen LogP contribution < -0.4 is 19.5 Å². The number of rotatable bonds is 7. The monoisotopic (exact) mass is 491 g/mol. The first kappa shape index (κ1) is 24.0. The van der Waals surface area contributed by atoms with E-state index in [9.17, 15) is 9.59 Å². The summed E-state index contributed by atoms with van der Waals surface area (Å²) in [6.07, 6.45) is 4.14. The van der Waals surface area contributed by atoms with E-state index in [1.807, 2.05) is 54.0 Å². The van der Waals surface area contributed by atoms with Crippen LogP contribution in [0.1, 0.15) is 48.7 Å². The predicted molar refractivity (Wildman–Crippen MR) is 137 cm³/mol. The van der Waals surface area contributed by atoms with Crippen molar-refractivity contribution >= 4 is 22.7 Å². The molecule has 2 heterocycles. The molecule has 8 heteroatoms. The topological polar surface area (TPSA) is 82.0 Å². The molecule has 5 rings (SSSR count). The minimum absolute atomic E-state index is 0.134. The number of nitrogens with zero attached hydrogens (tertiary/aromatic N) is 2. The van der Waals surface area contributed by atoms with Crippen LogP contribution in [0.25, 0.3) is 10.9 Å². The fourth-order valence-corrected chi connectivity index (χ4v) is 5.62. The molecule has 2 aromatic carbocycles. The molecule has 1 atom stereocenters. The molecule has 0 unspecified atom stereocenters. The van der Waals surface area contributed by atoms with Crippen molar-refractivity contribution in [2.75, 3.05) is 21.3 Å². The highest BCUT2D eigenvalue weighted by Gasteiger charge is 2.48. The first-order chi connectivity index (χ1) is 17.4. The summed E-state index contributed by atoms with van der Waals surface area (Å²) < 4.78 is 18.7. The first-order valence-electron chi connectivity index (χ1n) is 12.4. The molecule has 36 heavy (non-hydrogen) atoms. The Labute approximate surface area is 211 Å². The Morgan fingerprint density at radius 3 is 2.36 bits per heavy atom. The number of aromatic nitrogens is 1. The predicted octanol–water partition coefficient (Wildman–Crippen LogP) is 4.14. The molecule has 190 valence electrons. The van der Waals surface area contributed by atoms with Crippen LogP contribution in [0.3, 0.4) is 0 Å². The van der Waals surface area contributed by atoms with Gasteiger partial charge in [0.15, 0.2) is 0 Å². The minimum atomic E-state index is -1.13. The summed E-state index contributed by atoms with van der Waals surface area (Å²) in [6, 6.07) is 13.2. The minimum Gasteiger partial charge on any atom is -0.496 e. The fraction of sp³-hybridized carbons (Fsp3) is 0.429. The van der Waals surface area contributed by atoms with Crippen molar-refractivity contribution < 1.29 is 23.8 Å². The van der Waals surface area contributed by atoms with E-state index in [0.29, 0.717) is 22.9 Å². The molecule has 0 bridgehead atoms. The second kappa shape index (κ2) is 9.41. The maximum Gasteiger partial charge on any atom is 0.271 e. The van der Waals surface area contributed by atoms with Crippen molar-refractivity contribution in [3.05, 3.63) is 53.7 Å². The van der Waals surface area contributed by atoms with E-state index in [1.165, 1.54) is 0 Å². The second-order valence-corrected chi connectivity index (χ2v) is 9.78. The van der Waals surface area contributed by atoms with Gasteiger partial charge in [-0.15, -0.1) is 0 Å². The van der Waals surface area contributed by atoms with E-state index < -0.39 is 5.54 Å². The number of hydrogen-bond acceptors (Lipinski definition) is 5.